The fourth-order valence-electron chi connectivity index (χ4n) is 2.18. The van der Waals surface area contributed by atoms with Gasteiger partial charge in [-0.25, -0.2) is 4.98 Å². The number of nitriles is 1. The SMILES string of the molecule is CCCCC(C)Nc1cc(C#N)c2ccccc2n1. The summed E-state index contributed by atoms with van der Waals surface area (Å²) >= 11 is 0. The lowest BCUT2D eigenvalue weighted by Crippen LogP contribution is -2.15. The van der Waals surface area contributed by atoms with E-state index in [-0.39, 0.29) is 0 Å². The number of fused-ring (bicyclic) bond motifs is 1. The van der Waals surface area contributed by atoms with Gasteiger partial charge < -0.3 is 5.32 Å². The Balaban J connectivity index is 2.27. The highest BCUT2D eigenvalue weighted by atomic mass is 15.0. The molecule has 0 saturated heterocycles. The van der Waals surface area contributed by atoms with Crippen LogP contribution < -0.4 is 5.32 Å². The van der Waals surface area contributed by atoms with E-state index in [4.69, 9.17) is 0 Å². The second kappa shape index (κ2) is 6.19. The van der Waals surface area contributed by atoms with Crippen LogP contribution in [0.5, 0.6) is 0 Å². The fourth-order valence-corrected chi connectivity index (χ4v) is 2.18. The fraction of sp³-hybridized carbons (Fsp3) is 0.375. The van der Waals surface area contributed by atoms with E-state index in [1.807, 2.05) is 30.3 Å². The maximum atomic E-state index is 9.23. The summed E-state index contributed by atoms with van der Waals surface area (Å²) in [6, 6.07) is 12.2. The average molecular weight is 253 g/mol. The summed E-state index contributed by atoms with van der Waals surface area (Å²) in [4.78, 5) is 4.57. The van der Waals surface area contributed by atoms with Crippen molar-refractivity contribution in [1.29, 1.82) is 5.26 Å². The van der Waals surface area contributed by atoms with Crippen LogP contribution in [0, 0.1) is 11.3 Å². The summed E-state index contributed by atoms with van der Waals surface area (Å²) in [5.74, 6) is 0.791. The third kappa shape index (κ3) is 3.23. The van der Waals surface area contributed by atoms with Crippen molar-refractivity contribution in [3.63, 3.8) is 0 Å². The number of hydrogen-bond acceptors (Lipinski definition) is 3. The Kier molecular flexibility index (Phi) is 4.35. The molecule has 3 nitrogen and oxygen atoms in total. The average Bonchev–Trinajstić information content (AvgIpc) is 2.44. The molecule has 3 heteroatoms. The van der Waals surface area contributed by atoms with E-state index < -0.39 is 0 Å². The first-order chi connectivity index (χ1) is 9.24. The van der Waals surface area contributed by atoms with Crippen molar-refractivity contribution in [1.82, 2.24) is 4.98 Å². The van der Waals surface area contributed by atoms with Crippen LogP contribution in [-0.4, -0.2) is 11.0 Å². The number of anilines is 1. The van der Waals surface area contributed by atoms with E-state index in [1.165, 1.54) is 12.8 Å². The summed E-state index contributed by atoms with van der Waals surface area (Å²) in [5, 5.41) is 13.5. The summed E-state index contributed by atoms with van der Waals surface area (Å²) in [7, 11) is 0. The van der Waals surface area contributed by atoms with E-state index in [0.29, 0.717) is 11.6 Å². The predicted octanol–water partition coefficient (Wildman–Crippen LogP) is 4.10. The molecule has 1 unspecified atom stereocenters. The lowest BCUT2D eigenvalue weighted by molar-refractivity contribution is 0.643. The molecule has 2 aromatic rings. The lowest BCUT2D eigenvalue weighted by Gasteiger charge is -2.14. The minimum absolute atomic E-state index is 0.375. The first-order valence-corrected chi connectivity index (χ1v) is 6.81. The Bertz CT molecular complexity index is 598. The topological polar surface area (TPSA) is 48.7 Å². The summed E-state index contributed by atoms with van der Waals surface area (Å²) in [6.45, 7) is 4.34. The zero-order valence-electron chi connectivity index (χ0n) is 11.5. The molecule has 1 atom stereocenters. The summed E-state index contributed by atoms with van der Waals surface area (Å²) in [5.41, 5.74) is 1.54. The number of benzene rings is 1. The van der Waals surface area contributed by atoms with Crippen molar-refractivity contribution in [2.45, 2.75) is 39.2 Å². The molecular formula is C16H19N3. The Labute approximate surface area is 114 Å². The number of hydrogen-bond donors (Lipinski definition) is 1. The molecule has 0 aliphatic heterocycles. The van der Waals surface area contributed by atoms with E-state index in [0.717, 1.165) is 23.1 Å². The quantitative estimate of drug-likeness (QED) is 0.872. The second-order valence-electron chi connectivity index (χ2n) is 4.87. The van der Waals surface area contributed by atoms with Gasteiger partial charge in [-0.2, -0.15) is 5.26 Å². The highest BCUT2D eigenvalue weighted by Gasteiger charge is 2.07. The number of nitrogens with zero attached hydrogens (tertiary/aromatic N) is 2. The van der Waals surface area contributed by atoms with Crippen LogP contribution in [0.15, 0.2) is 30.3 Å². The van der Waals surface area contributed by atoms with Gasteiger partial charge in [0.2, 0.25) is 0 Å². The van der Waals surface area contributed by atoms with Gasteiger partial charge in [-0.1, -0.05) is 38.0 Å². The summed E-state index contributed by atoms with van der Waals surface area (Å²) < 4.78 is 0. The molecule has 0 bridgehead atoms. The van der Waals surface area contributed by atoms with E-state index in [2.05, 4.69) is 30.2 Å². The van der Waals surface area contributed by atoms with Gasteiger partial charge >= 0.3 is 0 Å². The molecule has 0 amide bonds. The van der Waals surface area contributed by atoms with Gasteiger partial charge in [-0.05, 0) is 25.5 Å². The van der Waals surface area contributed by atoms with Gasteiger partial charge in [-0.3, -0.25) is 0 Å². The first-order valence-electron chi connectivity index (χ1n) is 6.81. The Morgan fingerprint density at radius 3 is 2.89 bits per heavy atom. The second-order valence-corrected chi connectivity index (χ2v) is 4.87. The van der Waals surface area contributed by atoms with E-state index in [9.17, 15) is 5.26 Å². The predicted molar refractivity (Wildman–Crippen MR) is 79.1 cm³/mol. The molecule has 0 fully saturated rings. The lowest BCUT2D eigenvalue weighted by atomic mass is 10.1. The normalized spacial score (nSPS) is 12.1. The highest BCUT2D eigenvalue weighted by Crippen LogP contribution is 2.20. The van der Waals surface area contributed by atoms with Crippen molar-refractivity contribution < 1.29 is 0 Å². The monoisotopic (exact) mass is 253 g/mol. The Morgan fingerprint density at radius 2 is 2.16 bits per heavy atom. The molecule has 0 saturated carbocycles. The van der Waals surface area contributed by atoms with E-state index in [1.54, 1.807) is 0 Å². The molecule has 2 rings (SSSR count). The van der Waals surface area contributed by atoms with E-state index >= 15 is 0 Å². The zero-order chi connectivity index (χ0) is 13.7. The third-order valence-corrected chi connectivity index (χ3v) is 3.22. The number of pyridine rings is 1. The number of aromatic nitrogens is 1. The van der Waals surface area contributed by atoms with Crippen LogP contribution in [0.4, 0.5) is 5.82 Å². The number of unbranched alkanes of at least 4 members (excludes halogenated alkanes) is 1. The van der Waals surface area contributed by atoms with Crippen molar-refractivity contribution in [2.75, 3.05) is 5.32 Å². The van der Waals surface area contributed by atoms with Crippen LogP contribution in [0.3, 0.4) is 0 Å². The minimum Gasteiger partial charge on any atom is -0.368 e. The first kappa shape index (κ1) is 13.4. The largest absolute Gasteiger partial charge is 0.368 e. The van der Waals surface area contributed by atoms with Gasteiger partial charge in [0.05, 0.1) is 17.1 Å². The van der Waals surface area contributed by atoms with Gasteiger partial charge in [0, 0.05) is 11.4 Å². The maximum absolute atomic E-state index is 9.23. The smallest absolute Gasteiger partial charge is 0.128 e. The standard InChI is InChI=1S/C16H19N3/c1-3-4-7-12(2)18-16-10-13(11-17)14-8-5-6-9-15(14)19-16/h5-6,8-10,12H,3-4,7H2,1-2H3,(H,18,19). The highest BCUT2D eigenvalue weighted by molar-refractivity contribution is 5.86. The molecule has 98 valence electrons. The molecule has 0 radical (unpaired) electrons. The molecule has 1 aromatic heterocycles. The molecule has 1 aromatic carbocycles. The Hall–Kier alpha value is -2.08. The van der Waals surface area contributed by atoms with Gasteiger partial charge in [0.1, 0.15) is 5.82 Å². The molecule has 1 heterocycles. The zero-order valence-corrected chi connectivity index (χ0v) is 11.5. The van der Waals surface area contributed by atoms with Crippen molar-refractivity contribution >= 4 is 16.7 Å². The van der Waals surface area contributed by atoms with Crippen LogP contribution in [0.25, 0.3) is 10.9 Å². The van der Waals surface area contributed by atoms with Crippen molar-refractivity contribution in [3.05, 3.63) is 35.9 Å². The maximum Gasteiger partial charge on any atom is 0.128 e. The van der Waals surface area contributed by atoms with Crippen LogP contribution >= 0.6 is 0 Å². The number of nitrogens with one attached hydrogen (secondary N) is 1. The minimum atomic E-state index is 0.375. The van der Waals surface area contributed by atoms with Gasteiger partial charge in [0.25, 0.3) is 0 Å². The van der Waals surface area contributed by atoms with Gasteiger partial charge in [-0.15, -0.1) is 0 Å². The van der Waals surface area contributed by atoms with Crippen molar-refractivity contribution in [3.8, 4) is 6.07 Å². The van der Waals surface area contributed by atoms with Gasteiger partial charge in [0.15, 0.2) is 0 Å². The van der Waals surface area contributed by atoms with Crippen LogP contribution in [-0.2, 0) is 0 Å². The molecule has 0 aliphatic carbocycles. The van der Waals surface area contributed by atoms with Crippen LogP contribution in [0.2, 0.25) is 0 Å². The molecule has 1 N–H and O–H groups in total. The number of rotatable bonds is 5. The van der Waals surface area contributed by atoms with Crippen molar-refractivity contribution in [2.24, 2.45) is 0 Å². The summed E-state index contributed by atoms with van der Waals surface area (Å²) in [6.07, 6.45) is 3.51. The Morgan fingerprint density at radius 1 is 1.37 bits per heavy atom. The number of para-hydroxylation sites is 1. The molecule has 0 aliphatic rings. The third-order valence-electron chi connectivity index (χ3n) is 3.22. The molecule has 19 heavy (non-hydrogen) atoms. The molecule has 0 spiro atoms. The van der Waals surface area contributed by atoms with Crippen LogP contribution in [0.1, 0.15) is 38.7 Å². The molecular weight excluding hydrogens is 234 g/mol.